The predicted molar refractivity (Wildman–Crippen MR) is 84.3 cm³/mol. The highest BCUT2D eigenvalue weighted by molar-refractivity contribution is 9.10. The van der Waals surface area contributed by atoms with Gasteiger partial charge in [-0.15, -0.1) is 0 Å². The van der Waals surface area contributed by atoms with E-state index in [1.165, 1.54) is 12.1 Å². The second-order valence-electron chi connectivity index (χ2n) is 4.82. The Labute approximate surface area is 132 Å². The number of rotatable bonds is 1. The number of hydrogen-bond acceptors (Lipinski definition) is 2. The van der Waals surface area contributed by atoms with Crippen molar-refractivity contribution in [2.75, 3.05) is 5.73 Å². The second kappa shape index (κ2) is 5.28. The summed E-state index contributed by atoms with van der Waals surface area (Å²) in [5, 5.41) is 1.60. The number of nitrogens with two attached hydrogens (primary N) is 1. The number of nitrogens with zero attached hydrogens (tertiary/aromatic N) is 1. The van der Waals surface area contributed by atoms with Gasteiger partial charge in [0.05, 0.1) is 5.56 Å². The quantitative estimate of drug-likeness (QED) is 0.637. The van der Waals surface area contributed by atoms with Gasteiger partial charge in [-0.1, -0.05) is 34.1 Å². The Kier molecular flexibility index (Phi) is 3.56. The van der Waals surface area contributed by atoms with Gasteiger partial charge in [-0.05, 0) is 35.2 Å². The molecule has 0 atom stereocenters. The monoisotopic (exact) mass is 366 g/mol. The van der Waals surface area contributed by atoms with Gasteiger partial charge in [0.1, 0.15) is 5.82 Å². The largest absolute Gasteiger partial charge is 0.416 e. The minimum Gasteiger partial charge on any atom is -0.383 e. The van der Waals surface area contributed by atoms with Crippen LogP contribution in [0.5, 0.6) is 0 Å². The SMILES string of the molecule is Nc1ncc(-c2ccc(C(F)(F)F)cc2)c2ccc(Br)cc12. The number of alkyl halides is 3. The van der Waals surface area contributed by atoms with Crippen LogP contribution in [0.15, 0.2) is 53.1 Å². The first-order valence-electron chi connectivity index (χ1n) is 6.37. The van der Waals surface area contributed by atoms with Crippen molar-refractivity contribution in [3.8, 4) is 11.1 Å². The first-order valence-corrected chi connectivity index (χ1v) is 7.17. The smallest absolute Gasteiger partial charge is 0.383 e. The van der Waals surface area contributed by atoms with Crippen LogP contribution < -0.4 is 5.73 Å². The molecule has 22 heavy (non-hydrogen) atoms. The average Bonchev–Trinajstić information content (AvgIpc) is 2.47. The van der Waals surface area contributed by atoms with E-state index < -0.39 is 11.7 Å². The molecule has 0 fully saturated rings. The van der Waals surface area contributed by atoms with Crippen LogP contribution in [-0.2, 0) is 6.18 Å². The van der Waals surface area contributed by atoms with Gasteiger partial charge in [-0.2, -0.15) is 13.2 Å². The number of hydrogen-bond donors (Lipinski definition) is 1. The third-order valence-electron chi connectivity index (χ3n) is 3.40. The molecule has 0 radical (unpaired) electrons. The fourth-order valence-corrected chi connectivity index (χ4v) is 2.67. The lowest BCUT2D eigenvalue weighted by atomic mass is 9.99. The number of fused-ring (bicyclic) bond motifs is 1. The summed E-state index contributed by atoms with van der Waals surface area (Å²) < 4.78 is 38.8. The van der Waals surface area contributed by atoms with E-state index in [0.29, 0.717) is 11.4 Å². The zero-order valence-corrected chi connectivity index (χ0v) is 12.7. The number of halogens is 4. The lowest BCUT2D eigenvalue weighted by Crippen LogP contribution is -2.04. The third kappa shape index (κ3) is 2.66. The summed E-state index contributed by atoms with van der Waals surface area (Å²) in [6, 6.07) is 10.6. The van der Waals surface area contributed by atoms with Gasteiger partial charge in [-0.3, -0.25) is 0 Å². The Morgan fingerprint density at radius 2 is 1.64 bits per heavy atom. The lowest BCUT2D eigenvalue weighted by molar-refractivity contribution is -0.137. The molecule has 2 nitrogen and oxygen atoms in total. The molecule has 112 valence electrons. The van der Waals surface area contributed by atoms with Crippen LogP contribution in [0.2, 0.25) is 0 Å². The van der Waals surface area contributed by atoms with Gasteiger partial charge < -0.3 is 5.73 Å². The first-order chi connectivity index (χ1) is 10.4. The summed E-state index contributed by atoms with van der Waals surface area (Å²) in [4.78, 5) is 4.13. The van der Waals surface area contributed by atoms with Gasteiger partial charge in [0.25, 0.3) is 0 Å². The average molecular weight is 367 g/mol. The zero-order chi connectivity index (χ0) is 15.9. The maximum Gasteiger partial charge on any atom is 0.416 e. The summed E-state index contributed by atoms with van der Waals surface area (Å²) >= 11 is 3.37. The molecule has 0 saturated carbocycles. The number of benzene rings is 2. The Balaban J connectivity index is 2.16. The highest BCUT2D eigenvalue weighted by Crippen LogP contribution is 2.34. The van der Waals surface area contributed by atoms with Crippen molar-refractivity contribution in [2.24, 2.45) is 0 Å². The van der Waals surface area contributed by atoms with Gasteiger partial charge in [0.2, 0.25) is 0 Å². The summed E-state index contributed by atoms with van der Waals surface area (Å²) in [6.45, 7) is 0. The Morgan fingerprint density at radius 1 is 0.955 bits per heavy atom. The molecule has 1 heterocycles. The number of aromatic nitrogens is 1. The maximum atomic E-state index is 12.6. The molecule has 0 unspecified atom stereocenters. The molecule has 0 aliphatic rings. The lowest BCUT2D eigenvalue weighted by Gasteiger charge is -2.11. The van der Waals surface area contributed by atoms with Crippen molar-refractivity contribution in [1.82, 2.24) is 4.98 Å². The van der Waals surface area contributed by atoms with Crippen LogP contribution in [-0.4, -0.2) is 4.98 Å². The van der Waals surface area contributed by atoms with E-state index in [4.69, 9.17) is 5.73 Å². The highest BCUT2D eigenvalue weighted by Gasteiger charge is 2.30. The molecule has 0 bridgehead atoms. The molecule has 0 saturated heterocycles. The molecule has 0 aliphatic carbocycles. The van der Waals surface area contributed by atoms with E-state index in [1.54, 1.807) is 6.20 Å². The maximum absolute atomic E-state index is 12.6. The van der Waals surface area contributed by atoms with Gasteiger partial charge >= 0.3 is 6.18 Å². The minimum atomic E-state index is -4.34. The van der Waals surface area contributed by atoms with E-state index in [9.17, 15) is 13.2 Å². The van der Waals surface area contributed by atoms with Gasteiger partial charge in [-0.25, -0.2) is 4.98 Å². The molecular weight excluding hydrogens is 357 g/mol. The highest BCUT2D eigenvalue weighted by atomic mass is 79.9. The molecule has 0 amide bonds. The molecule has 3 aromatic rings. The number of pyridine rings is 1. The second-order valence-corrected chi connectivity index (χ2v) is 5.74. The van der Waals surface area contributed by atoms with E-state index in [0.717, 1.165) is 32.9 Å². The van der Waals surface area contributed by atoms with E-state index in [1.807, 2.05) is 18.2 Å². The van der Waals surface area contributed by atoms with E-state index >= 15 is 0 Å². The molecule has 2 aromatic carbocycles. The predicted octanol–water partition coefficient (Wildman–Crippen LogP) is 5.27. The van der Waals surface area contributed by atoms with E-state index in [2.05, 4.69) is 20.9 Å². The number of nitrogen functional groups attached to an aromatic ring is 1. The molecule has 0 spiro atoms. The topological polar surface area (TPSA) is 38.9 Å². The van der Waals surface area contributed by atoms with Crippen LogP contribution in [0.4, 0.5) is 19.0 Å². The van der Waals surface area contributed by atoms with Gasteiger partial charge in [0, 0.05) is 21.6 Å². The zero-order valence-electron chi connectivity index (χ0n) is 11.2. The van der Waals surface area contributed by atoms with Crippen molar-refractivity contribution >= 4 is 32.5 Å². The van der Waals surface area contributed by atoms with Crippen LogP contribution in [0.1, 0.15) is 5.56 Å². The third-order valence-corrected chi connectivity index (χ3v) is 3.90. The molecular formula is C16H10BrF3N2. The van der Waals surface area contributed by atoms with Crippen molar-refractivity contribution in [1.29, 1.82) is 0 Å². The van der Waals surface area contributed by atoms with Crippen molar-refractivity contribution in [3.63, 3.8) is 0 Å². The molecule has 0 aliphatic heterocycles. The van der Waals surface area contributed by atoms with Crippen molar-refractivity contribution in [2.45, 2.75) is 6.18 Å². The molecule has 2 N–H and O–H groups in total. The minimum absolute atomic E-state index is 0.381. The Bertz CT molecular complexity index is 842. The fourth-order valence-electron chi connectivity index (χ4n) is 2.31. The fraction of sp³-hybridized carbons (Fsp3) is 0.0625. The Morgan fingerprint density at radius 3 is 2.27 bits per heavy atom. The Hall–Kier alpha value is -2.08. The van der Waals surface area contributed by atoms with Crippen LogP contribution >= 0.6 is 15.9 Å². The normalized spacial score (nSPS) is 11.8. The summed E-state index contributed by atoms with van der Waals surface area (Å²) in [7, 11) is 0. The van der Waals surface area contributed by atoms with Gasteiger partial charge in [0.15, 0.2) is 0 Å². The molecule has 3 rings (SSSR count). The molecule has 6 heteroatoms. The number of anilines is 1. The van der Waals surface area contributed by atoms with Crippen LogP contribution in [0, 0.1) is 0 Å². The summed E-state index contributed by atoms with van der Waals surface area (Å²) in [5.41, 5.74) is 6.60. The van der Waals surface area contributed by atoms with Crippen molar-refractivity contribution < 1.29 is 13.2 Å². The van der Waals surface area contributed by atoms with E-state index in [-0.39, 0.29) is 0 Å². The van der Waals surface area contributed by atoms with Crippen molar-refractivity contribution in [3.05, 3.63) is 58.7 Å². The first kappa shape index (κ1) is 14.8. The molecule has 1 aromatic heterocycles. The summed E-state index contributed by atoms with van der Waals surface area (Å²) in [6.07, 6.45) is -2.76. The van der Waals surface area contributed by atoms with Crippen LogP contribution in [0.25, 0.3) is 21.9 Å². The van der Waals surface area contributed by atoms with Crippen LogP contribution in [0.3, 0.4) is 0 Å². The summed E-state index contributed by atoms with van der Waals surface area (Å²) in [5.74, 6) is 0.381. The standard InChI is InChI=1S/C16H10BrF3N2/c17-11-5-6-12-13(7-11)15(21)22-8-14(12)9-1-3-10(4-2-9)16(18,19)20/h1-8H,(H2,21,22).